The molecule has 0 aliphatic rings. The van der Waals surface area contributed by atoms with Gasteiger partial charge >= 0.3 is 5.97 Å². The van der Waals surface area contributed by atoms with Gasteiger partial charge in [-0.05, 0) is 37.0 Å². The van der Waals surface area contributed by atoms with Crippen LogP contribution in [0.4, 0.5) is 13.2 Å². The molecule has 4 heterocycles. The van der Waals surface area contributed by atoms with E-state index < -0.39 is 23.4 Å². The van der Waals surface area contributed by atoms with Crippen LogP contribution in [0.5, 0.6) is 11.5 Å². The second kappa shape index (κ2) is 19.3. The molecule has 5 aromatic rings. The van der Waals surface area contributed by atoms with E-state index in [4.69, 9.17) is 14.2 Å². The Hall–Kier alpha value is -2.34. The third-order valence-corrected chi connectivity index (χ3v) is 14.8. The Morgan fingerprint density at radius 1 is 0.635 bits per heavy atom. The van der Waals surface area contributed by atoms with Crippen LogP contribution in [-0.4, -0.2) is 25.8 Å². The molecule has 1 aromatic carbocycles. The lowest BCUT2D eigenvalue weighted by molar-refractivity contribution is 0.0429. The first kappa shape index (κ1) is 40.8. The number of carbonyl (C=O) groups is 1. The third-order valence-electron chi connectivity index (χ3n) is 10.2. The van der Waals surface area contributed by atoms with Crippen LogP contribution >= 0.6 is 45.3 Å². The minimum atomic E-state index is -0.689. The summed E-state index contributed by atoms with van der Waals surface area (Å²) in [6, 6.07) is 0. The van der Waals surface area contributed by atoms with E-state index in [0.717, 1.165) is 88.4 Å². The van der Waals surface area contributed by atoms with E-state index in [1.807, 2.05) is 0 Å². The van der Waals surface area contributed by atoms with Gasteiger partial charge in [-0.1, -0.05) is 99.3 Å². The number of rotatable bonds is 22. The van der Waals surface area contributed by atoms with Crippen LogP contribution in [0.25, 0.3) is 40.0 Å². The zero-order chi connectivity index (χ0) is 37.4. The fourth-order valence-electron chi connectivity index (χ4n) is 6.65. The van der Waals surface area contributed by atoms with Crippen LogP contribution in [0.3, 0.4) is 0 Å². The van der Waals surface area contributed by atoms with E-state index in [1.54, 1.807) is 5.38 Å². The third kappa shape index (κ3) is 8.79. The fourth-order valence-corrected chi connectivity index (χ4v) is 11.2. The lowest BCUT2D eigenvalue weighted by Crippen LogP contribution is -2.14. The van der Waals surface area contributed by atoms with E-state index in [2.05, 4.69) is 41.5 Å². The van der Waals surface area contributed by atoms with E-state index in [1.165, 1.54) is 39.4 Å². The van der Waals surface area contributed by atoms with Gasteiger partial charge in [-0.2, -0.15) is 0 Å². The molecule has 3 atom stereocenters. The molecule has 0 aliphatic heterocycles. The number of thiophene rings is 4. The van der Waals surface area contributed by atoms with Crippen molar-refractivity contribution >= 4 is 81.6 Å². The van der Waals surface area contributed by atoms with Gasteiger partial charge in [0.25, 0.3) is 0 Å². The Balaban J connectivity index is 1.61. The molecule has 52 heavy (non-hydrogen) atoms. The number of unbranched alkanes of at least 4 members (excludes halogenated alkanes) is 3. The largest absolute Gasteiger partial charge is 0.491 e. The van der Waals surface area contributed by atoms with Crippen LogP contribution < -0.4 is 9.47 Å². The highest BCUT2D eigenvalue weighted by molar-refractivity contribution is 7.31. The first-order valence-corrected chi connectivity index (χ1v) is 22.6. The van der Waals surface area contributed by atoms with E-state index in [-0.39, 0.29) is 40.0 Å². The molecular formula is C41H53F3O4S4. The maximum absolute atomic E-state index is 17.2. The summed E-state index contributed by atoms with van der Waals surface area (Å²) in [4.78, 5) is 13.9. The summed E-state index contributed by atoms with van der Waals surface area (Å²) in [6.45, 7) is 13.8. The number of ether oxygens (including phenoxy) is 3. The normalized spacial score (nSPS) is 13.7. The van der Waals surface area contributed by atoms with Crippen molar-refractivity contribution in [2.75, 3.05) is 19.8 Å². The molecule has 0 saturated heterocycles. The number of hydrogen-bond donors (Lipinski definition) is 0. The molecule has 0 N–H and O–H groups in total. The Kier molecular flexibility index (Phi) is 15.2. The molecule has 5 rings (SSSR count). The summed E-state index contributed by atoms with van der Waals surface area (Å²) in [5.41, 5.74) is 0. The quantitative estimate of drug-likeness (QED) is 0.0655. The highest BCUT2D eigenvalue weighted by Crippen LogP contribution is 2.55. The van der Waals surface area contributed by atoms with Gasteiger partial charge in [0, 0.05) is 16.1 Å². The molecular weight excluding hydrogens is 742 g/mol. The smallest absolute Gasteiger partial charge is 0.351 e. The standard InChI is InChI=1S/C41H53F3O4S4/c1-7-13-16-24(10-4)19-46-33-29-28(42)23-50-36(29)34(47-20-25(11-5)17-14-8-2)30-32(44)38(52-37(30)33)40-35-27(22-49-40)31(43)39(51-35)41(45)48-21-26(12-6)18-15-9-3/h22-26H,7-21H2,1-6H3. The van der Waals surface area contributed by atoms with E-state index in [9.17, 15) is 4.79 Å². The van der Waals surface area contributed by atoms with Gasteiger partial charge in [0.05, 0.1) is 54.4 Å². The van der Waals surface area contributed by atoms with E-state index >= 15 is 13.2 Å². The van der Waals surface area contributed by atoms with Crippen molar-refractivity contribution in [3.8, 4) is 21.3 Å². The average molecular weight is 795 g/mol. The fraction of sp³-hybridized carbons (Fsp3) is 0.585. The van der Waals surface area contributed by atoms with Gasteiger partial charge in [0.1, 0.15) is 22.2 Å². The van der Waals surface area contributed by atoms with Crippen molar-refractivity contribution in [1.82, 2.24) is 0 Å². The predicted octanol–water partition coefficient (Wildman–Crippen LogP) is 15.0. The van der Waals surface area contributed by atoms with Crippen LogP contribution in [0.15, 0.2) is 10.8 Å². The maximum atomic E-state index is 17.2. The lowest BCUT2D eigenvalue weighted by Gasteiger charge is -2.19. The molecule has 0 fully saturated rings. The highest BCUT2D eigenvalue weighted by Gasteiger charge is 2.31. The van der Waals surface area contributed by atoms with Gasteiger partial charge in [0.15, 0.2) is 11.6 Å². The summed E-state index contributed by atoms with van der Waals surface area (Å²) in [7, 11) is 0. The van der Waals surface area contributed by atoms with E-state index in [0.29, 0.717) is 54.0 Å². The molecule has 3 unspecified atom stereocenters. The van der Waals surface area contributed by atoms with Gasteiger partial charge < -0.3 is 14.2 Å². The second-order valence-corrected chi connectivity index (χ2v) is 17.7. The minimum absolute atomic E-state index is 0.100. The Morgan fingerprint density at radius 3 is 1.75 bits per heavy atom. The molecule has 0 saturated carbocycles. The zero-order valence-corrected chi connectivity index (χ0v) is 34.7. The van der Waals surface area contributed by atoms with Gasteiger partial charge in [-0.15, -0.1) is 45.3 Å². The molecule has 0 amide bonds. The summed E-state index contributed by atoms with van der Waals surface area (Å²) < 4.78 is 68.9. The maximum Gasteiger partial charge on any atom is 0.351 e. The summed E-state index contributed by atoms with van der Waals surface area (Å²) in [5, 5.41) is 3.95. The molecule has 0 aliphatic carbocycles. The minimum Gasteiger partial charge on any atom is -0.491 e. The number of carbonyl (C=O) groups excluding carboxylic acids is 1. The molecule has 0 radical (unpaired) electrons. The summed E-state index contributed by atoms with van der Waals surface area (Å²) >= 11 is 4.62. The molecule has 0 bridgehead atoms. The van der Waals surface area contributed by atoms with Crippen LogP contribution in [0, 0.1) is 35.2 Å². The number of halogens is 3. The van der Waals surface area contributed by atoms with Crippen molar-refractivity contribution < 1.29 is 32.2 Å². The second-order valence-electron chi connectivity index (χ2n) is 13.9. The molecule has 286 valence electrons. The van der Waals surface area contributed by atoms with Crippen LogP contribution in [0.2, 0.25) is 0 Å². The van der Waals surface area contributed by atoms with Gasteiger partial charge in [-0.25, -0.2) is 18.0 Å². The highest BCUT2D eigenvalue weighted by atomic mass is 32.1. The Morgan fingerprint density at radius 2 is 1.19 bits per heavy atom. The molecule has 0 spiro atoms. The zero-order valence-electron chi connectivity index (χ0n) is 31.4. The first-order valence-electron chi connectivity index (χ1n) is 19.2. The summed E-state index contributed by atoms with van der Waals surface area (Å²) in [6.07, 6.45) is 12.0. The number of hydrogen-bond acceptors (Lipinski definition) is 8. The Labute approximate surface area is 322 Å². The lowest BCUT2D eigenvalue weighted by atomic mass is 10.0. The van der Waals surface area contributed by atoms with Crippen molar-refractivity contribution in [3.63, 3.8) is 0 Å². The van der Waals surface area contributed by atoms with Crippen molar-refractivity contribution in [3.05, 3.63) is 33.1 Å². The SMILES string of the molecule is CCCCC(CC)COC(=O)c1sc2c(-c3sc4c(OCC(CC)CCCC)c5c(F)csc5c(OCC(CC)CCCC)c4c3F)scc2c1F. The Bertz CT molecular complexity index is 1900. The number of esters is 1. The van der Waals surface area contributed by atoms with Crippen molar-refractivity contribution in [1.29, 1.82) is 0 Å². The molecule has 11 heteroatoms. The number of fused-ring (bicyclic) bond motifs is 3. The molecule has 4 nitrogen and oxygen atoms in total. The van der Waals surface area contributed by atoms with Crippen LogP contribution in [-0.2, 0) is 4.74 Å². The average Bonchev–Trinajstić information content (AvgIpc) is 3.92. The number of benzene rings is 1. The summed E-state index contributed by atoms with van der Waals surface area (Å²) in [5.74, 6) is -0.797. The van der Waals surface area contributed by atoms with Gasteiger partial charge in [0.2, 0.25) is 0 Å². The monoisotopic (exact) mass is 794 g/mol. The van der Waals surface area contributed by atoms with Gasteiger partial charge in [-0.3, -0.25) is 0 Å². The van der Waals surface area contributed by atoms with Crippen LogP contribution in [0.1, 0.15) is 128 Å². The van der Waals surface area contributed by atoms with Crippen molar-refractivity contribution in [2.24, 2.45) is 17.8 Å². The van der Waals surface area contributed by atoms with Crippen molar-refractivity contribution in [2.45, 2.75) is 119 Å². The topological polar surface area (TPSA) is 44.8 Å². The molecule has 4 aromatic heterocycles. The predicted molar refractivity (Wildman–Crippen MR) is 217 cm³/mol. The first-order chi connectivity index (χ1) is 25.2.